The summed E-state index contributed by atoms with van der Waals surface area (Å²) < 4.78 is 0. The van der Waals surface area contributed by atoms with E-state index in [9.17, 15) is 4.79 Å². The Hall–Kier alpha value is -0.830. The smallest absolute Gasteiger partial charge is 0.352 e. The van der Waals surface area contributed by atoms with E-state index in [1.165, 1.54) is 0 Å². The van der Waals surface area contributed by atoms with Gasteiger partial charge in [-0.05, 0) is 13.3 Å². The number of hydrogen-bond donors (Lipinski definition) is 1. The highest BCUT2D eigenvalue weighted by Gasteiger charge is 2.01. The van der Waals surface area contributed by atoms with E-state index in [4.69, 9.17) is 0 Å². The number of hydrogen-bond acceptors (Lipinski definition) is 3. The molecule has 0 aliphatic rings. The second-order valence-electron chi connectivity index (χ2n) is 1.89. The molecular formula is C7H13NO2. The molecule has 0 aromatic carbocycles. The molecule has 0 fully saturated rings. The highest BCUT2D eigenvalue weighted by Crippen LogP contribution is 1.96. The van der Waals surface area contributed by atoms with Crippen LogP contribution in [0.4, 0.5) is 0 Å². The highest BCUT2D eigenvalue weighted by atomic mass is 16.7. The standard InChI is InChI=1S/C7H13NO2/c1-4-5-6(2)7(9)10-8-3/h5,8H,4H2,1-3H3/b6-5+. The van der Waals surface area contributed by atoms with Gasteiger partial charge in [0.05, 0.1) is 0 Å². The maximum absolute atomic E-state index is 10.8. The summed E-state index contributed by atoms with van der Waals surface area (Å²) in [5.41, 5.74) is 2.95. The van der Waals surface area contributed by atoms with E-state index < -0.39 is 0 Å². The lowest BCUT2D eigenvalue weighted by molar-refractivity contribution is -0.145. The van der Waals surface area contributed by atoms with Crippen LogP contribution in [0.25, 0.3) is 0 Å². The number of hydroxylamine groups is 1. The molecule has 0 aliphatic heterocycles. The molecule has 58 valence electrons. The predicted molar refractivity (Wildman–Crippen MR) is 39.2 cm³/mol. The van der Waals surface area contributed by atoms with Gasteiger partial charge >= 0.3 is 5.97 Å². The Balaban J connectivity index is 3.82. The lowest BCUT2D eigenvalue weighted by Gasteiger charge is -1.99. The van der Waals surface area contributed by atoms with Gasteiger partial charge < -0.3 is 4.84 Å². The largest absolute Gasteiger partial charge is 0.367 e. The minimum atomic E-state index is -0.315. The summed E-state index contributed by atoms with van der Waals surface area (Å²) in [5.74, 6) is -0.315. The highest BCUT2D eigenvalue weighted by molar-refractivity contribution is 5.87. The third-order valence-corrected chi connectivity index (χ3v) is 1.03. The third-order valence-electron chi connectivity index (χ3n) is 1.03. The first kappa shape index (κ1) is 9.17. The van der Waals surface area contributed by atoms with Crippen LogP contribution in [0.15, 0.2) is 11.6 Å². The molecule has 3 heteroatoms. The van der Waals surface area contributed by atoms with E-state index in [1.54, 1.807) is 14.0 Å². The topological polar surface area (TPSA) is 38.3 Å². The Labute approximate surface area is 61.0 Å². The van der Waals surface area contributed by atoms with E-state index in [0.29, 0.717) is 5.57 Å². The van der Waals surface area contributed by atoms with Crippen molar-refractivity contribution in [3.8, 4) is 0 Å². The second-order valence-corrected chi connectivity index (χ2v) is 1.89. The van der Waals surface area contributed by atoms with Crippen LogP contribution in [-0.4, -0.2) is 13.0 Å². The fraction of sp³-hybridized carbons (Fsp3) is 0.571. The number of nitrogens with one attached hydrogen (secondary N) is 1. The van der Waals surface area contributed by atoms with Crippen molar-refractivity contribution < 1.29 is 9.63 Å². The molecule has 0 saturated heterocycles. The molecule has 0 aromatic rings. The zero-order chi connectivity index (χ0) is 7.98. The summed E-state index contributed by atoms with van der Waals surface area (Å²) in [5, 5.41) is 0. The van der Waals surface area contributed by atoms with Crippen molar-refractivity contribution >= 4 is 5.97 Å². The van der Waals surface area contributed by atoms with Crippen LogP contribution in [0, 0.1) is 0 Å². The first-order valence-corrected chi connectivity index (χ1v) is 3.27. The van der Waals surface area contributed by atoms with Crippen molar-refractivity contribution in [3.05, 3.63) is 11.6 Å². The second kappa shape index (κ2) is 4.99. The van der Waals surface area contributed by atoms with E-state index in [0.717, 1.165) is 6.42 Å². The third kappa shape index (κ3) is 3.25. The van der Waals surface area contributed by atoms with Crippen LogP contribution < -0.4 is 5.48 Å². The Bertz CT molecular complexity index is 141. The molecule has 3 nitrogen and oxygen atoms in total. The predicted octanol–water partition coefficient (Wildman–Crippen LogP) is 1.02. The molecule has 0 bridgehead atoms. The molecule has 0 heterocycles. The zero-order valence-electron chi connectivity index (χ0n) is 6.60. The van der Waals surface area contributed by atoms with Gasteiger partial charge in [-0.2, -0.15) is 5.48 Å². The molecule has 0 rings (SSSR count). The molecule has 0 atom stereocenters. The molecule has 0 aromatic heterocycles. The van der Waals surface area contributed by atoms with Crippen molar-refractivity contribution in [2.45, 2.75) is 20.3 Å². The van der Waals surface area contributed by atoms with Crippen LogP contribution in [0.1, 0.15) is 20.3 Å². The quantitative estimate of drug-likeness (QED) is 0.473. The monoisotopic (exact) mass is 143 g/mol. The number of carbonyl (C=O) groups is 1. The van der Waals surface area contributed by atoms with Crippen LogP contribution in [0.3, 0.4) is 0 Å². The van der Waals surface area contributed by atoms with Gasteiger partial charge in [0.25, 0.3) is 0 Å². The molecule has 0 amide bonds. The maximum atomic E-state index is 10.8. The molecule has 0 spiro atoms. The Kier molecular flexibility index (Phi) is 4.58. The summed E-state index contributed by atoms with van der Waals surface area (Å²) >= 11 is 0. The Morgan fingerprint density at radius 3 is 2.70 bits per heavy atom. The molecule has 0 radical (unpaired) electrons. The molecular weight excluding hydrogens is 130 g/mol. The minimum Gasteiger partial charge on any atom is -0.367 e. The average Bonchev–Trinajstić information content (AvgIpc) is 1.89. The summed E-state index contributed by atoms with van der Waals surface area (Å²) in [6.07, 6.45) is 2.67. The molecule has 0 saturated carbocycles. The zero-order valence-corrected chi connectivity index (χ0v) is 6.60. The molecule has 0 unspecified atom stereocenters. The van der Waals surface area contributed by atoms with Gasteiger partial charge in [-0.1, -0.05) is 13.0 Å². The SMILES string of the molecule is CC/C=C(\C)C(=O)ONC. The lowest BCUT2D eigenvalue weighted by atomic mass is 10.2. The van der Waals surface area contributed by atoms with Gasteiger partial charge in [0.15, 0.2) is 0 Å². The van der Waals surface area contributed by atoms with Crippen molar-refractivity contribution in [1.29, 1.82) is 0 Å². The summed E-state index contributed by atoms with van der Waals surface area (Å²) in [6, 6.07) is 0. The molecule has 0 aliphatic carbocycles. The van der Waals surface area contributed by atoms with Gasteiger partial charge in [0.2, 0.25) is 0 Å². The first-order chi connectivity index (χ1) is 4.72. The Morgan fingerprint density at radius 2 is 2.30 bits per heavy atom. The number of rotatable bonds is 3. The summed E-state index contributed by atoms with van der Waals surface area (Å²) in [6.45, 7) is 3.69. The van der Waals surface area contributed by atoms with Gasteiger partial charge in [0, 0.05) is 12.6 Å². The first-order valence-electron chi connectivity index (χ1n) is 3.27. The summed E-state index contributed by atoms with van der Waals surface area (Å²) in [7, 11) is 1.55. The van der Waals surface area contributed by atoms with E-state index >= 15 is 0 Å². The molecule has 1 N–H and O–H groups in total. The van der Waals surface area contributed by atoms with Crippen LogP contribution in [-0.2, 0) is 9.63 Å². The van der Waals surface area contributed by atoms with Crippen molar-refractivity contribution in [3.63, 3.8) is 0 Å². The van der Waals surface area contributed by atoms with E-state index in [-0.39, 0.29) is 5.97 Å². The normalized spacial score (nSPS) is 11.3. The fourth-order valence-electron chi connectivity index (χ4n) is 0.563. The average molecular weight is 143 g/mol. The van der Waals surface area contributed by atoms with Crippen molar-refractivity contribution in [2.75, 3.05) is 7.05 Å². The van der Waals surface area contributed by atoms with Crippen LogP contribution >= 0.6 is 0 Å². The van der Waals surface area contributed by atoms with Crippen molar-refractivity contribution in [1.82, 2.24) is 5.48 Å². The minimum absolute atomic E-state index is 0.315. The van der Waals surface area contributed by atoms with Crippen molar-refractivity contribution in [2.24, 2.45) is 0 Å². The Morgan fingerprint density at radius 1 is 1.70 bits per heavy atom. The van der Waals surface area contributed by atoms with Gasteiger partial charge in [-0.3, -0.25) is 0 Å². The summed E-state index contributed by atoms with van der Waals surface area (Å²) in [4.78, 5) is 15.3. The number of allylic oxidation sites excluding steroid dienone is 1. The van der Waals surface area contributed by atoms with E-state index in [1.807, 2.05) is 13.0 Å². The lowest BCUT2D eigenvalue weighted by Crippen LogP contribution is -2.15. The van der Waals surface area contributed by atoms with Gasteiger partial charge in [0.1, 0.15) is 0 Å². The van der Waals surface area contributed by atoms with Gasteiger partial charge in [-0.25, -0.2) is 4.79 Å². The number of carbonyl (C=O) groups excluding carboxylic acids is 1. The van der Waals surface area contributed by atoms with Crippen LogP contribution in [0.5, 0.6) is 0 Å². The fourth-order valence-corrected chi connectivity index (χ4v) is 0.563. The van der Waals surface area contributed by atoms with Gasteiger partial charge in [-0.15, -0.1) is 0 Å². The molecule has 10 heavy (non-hydrogen) atoms. The van der Waals surface area contributed by atoms with Crippen LogP contribution in [0.2, 0.25) is 0 Å². The van der Waals surface area contributed by atoms with E-state index in [2.05, 4.69) is 10.3 Å². The maximum Gasteiger partial charge on any atom is 0.352 e.